The largest absolute Gasteiger partial charge is 0.398 e. The zero-order valence-corrected chi connectivity index (χ0v) is 11.1. The number of fused-ring (bicyclic) bond motifs is 1. The predicted octanol–water partition coefficient (Wildman–Crippen LogP) is 3.81. The van der Waals surface area contributed by atoms with Gasteiger partial charge in [0.15, 0.2) is 0 Å². The molecule has 0 aliphatic carbocycles. The van der Waals surface area contributed by atoms with Crippen LogP contribution < -0.4 is 11.1 Å². The molecule has 3 aromatic rings. The number of nitrogen functional groups attached to an aromatic ring is 1. The van der Waals surface area contributed by atoms with E-state index in [1.54, 1.807) is 6.07 Å². The molecule has 0 atom stereocenters. The third-order valence-electron chi connectivity index (χ3n) is 3.27. The number of carbonyl (C=O) groups excluding carboxylic acids is 1. The molecule has 4 heteroatoms. The van der Waals surface area contributed by atoms with Crippen molar-refractivity contribution in [2.24, 2.45) is 0 Å². The first-order valence-corrected chi connectivity index (χ1v) is 6.49. The summed E-state index contributed by atoms with van der Waals surface area (Å²) in [6, 6.07) is 17.1. The third-order valence-corrected chi connectivity index (χ3v) is 3.27. The fourth-order valence-electron chi connectivity index (χ4n) is 2.19. The van der Waals surface area contributed by atoms with Crippen molar-refractivity contribution < 1.29 is 9.18 Å². The van der Waals surface area contributed by atoms with E-state index < -0.39 is 11.7 Å². The van der Waals surface area contributed by atoms with E-state index in [2.05, 4.69) is 5.32 Å². The lowest BCUT2D eigenvalue weighted by atomic mass is 10.1. The molecule has 104 valence electrons. The van der Waals surface area contributed by atoms with Crippen LogP contribution in [0.1, 0.15) is 10.4 Å². The highest BCUT2D eigenvalue weighted by Crippen LogP contribution is 2.20. The van der Waals surface area contributed by atoms with Gasteiger partial charge in [-0.05, 0) is 41.1 Å². The molecular weight excluding hydrogens is 267 g/mol. The Morgan fingerprint density at radius 3 is 2.52 bits per heavy atom. The summed E-state index contributed by atoms with van der Waals surface area (Å²) in [6.45, 7) is 0. The topological polar surface area (TPSA) is 55.1 Å². The van der Waals surface area contributed by atoms with Gasteiger partial charge in [0.1, 0.15) is 5.82 Å². The Labute approximate surface area is 121 Å². The van der Waals surface area contributed by atoms with Crippen LogP contribution in [0.4, 0.5) is 15.8 Å². The summed E-state index contributed by atoms with van der Waals surface area (Å²) in [6.07, 6.45) is 0. The SMILES string of the molecule is Nc1ccc(F)cc1C(=O)Nc1ccc2ccccc2c1. The van der Waals surface area contributed by atoms with Crippen molar-refractivity contribution in [2.45, 2.75) is 0 Å². The molecule has 3 nitrogen and oxygen atoms in total. The lowest BCUT2D eigenvalue weighted by Crippen LogP contribution is -2.14. The summed E-state index contributed by atoms with van der Waals surface area (Å²) < 4.78 is 13.2. The van der Waals surface area contributed by atoms with Gasteiger partial charge in [-0.2, -0.15) is 0 Å². The summed E-state index contributed by atoms with van der Waals surface area (Å²) in [4.78, 5) is 12.2. The fourth-order valence-corrected chi connectivity index (χ4v) is 2.19. The molecule has 0 saturated heterocycles. The molecule has 1 amide bonds. The molecule has 0 aliphatic rings. The quantitative estimate of drug-likeness (QED) is 0.701. The molecule has 3 N–H and O–H groups in total. The predicted molar refractivity (Wildman–Crippen MR) is 82.7 cm³/mol. The molecule has 0 radical (unpaired) electrons. The number of hydrogen-bond acceptors (Lipinski definition) is 2. The molecular formula is C17H13FN2O. The molecule has 0 spiro atoms. The Morgan fingerprint density at radius 1 is 0.952 bits per heavy atom. The van der Waals surface area contributed by atoms with Crippen LogP contribution in [0.25, 0.3) is 10.8 Å². The van der Waals surface area contributed by atoms with E-state index in [0.717, 1.165) is 16.8 Å². The molecule has 0 aliphatic heterocycles. The minimum atomic E-state index is -0.493. The maximum absolute atomic E-state index is 13.2. The second kappa shape index (κ2) is 5.25. The summed E-state index contributed by atoms with van der Waals surface area (Å²) in [5, 5.41) is 4.83. The Hall–Kier alpha value is -2.88. The summed E-state index contributed by atoms with van der Waals surface area (Å²) in [5.74, 6) is -0.921. The first kappa shape index (κ1) is 13.1. The van der Waals surface area contributed by atoms with E-state index in [1.807, 2.05) is 36.4 Å². The summed E-state index contributed by atoms with van der Waals surface area (Å²) >= 11 is 0. The number of rotatable bonds is 2. The van der Waals surface area contributed by atoms with Crippen molar-refractivity contribution >= 4 is 28.1 Å². The maximum atomic E-state index is 13.2. The lowest BCUT2D eigenvalue weighted by Gasteiger charge is -2.08. The van der Waals surface area contributed by atoms with E-state index in [-0.39, 0.29) is 11.3 Å². The molecule has 3 rings (SSSR count). The molecule has 0 saturated carbocycles. The van der Waals surface area contributed by atoms with Crippen molar-refractivity contribution in [3.8, 4) is 0 Å². The zero-order chi connectivity index (χ0) is 14.8. The minimum absolute atomic E-state index is 0.128. The number of anilines is 2. The van der Waals surface area contributed by atoms with E-state index in [9.17, 15) is 9.18 Å². The van der Waals surface area contributed by atoms with Gasteiger partial charge in [-0.1, -0.05) is 30.3 Å². The average Bonchev–Trinajstić information content (AvgIpc) is 2.49. The maximum Gasteiger partial charge on any atom is 0.257 e. The van der Waals surface area contributed by atoms with Crippen LogP contribution in [0.2, 0.25) is 0 Å². The molecule has 0 bridgehead atoms. The highest BCUT2D eigenvalue weighted by atomic mass is 19.1. The van der Waals surface area contributed by atoms with E-state index in [1.165, 1.54) is 12.1 Å². The van der Waals surface area contributed by atoms with Crippen molar-refractivity contribution in [2.75, 3.05) is 11.1 Å². The smallest absolute Gasteiger partial charge is 0.257 e. The highest BCUT2D eigenvalue weighted by molar-refractivity contribution is 6.08. The second-order valence-electron chi connectivity index (χ2n) is 4.75. The number of amides is 1. The third kappa shape index (κ3) is 2.69. The Bertz CT molecular complexity index is 830. The van der Waals surface area contributed by atoms with Gasteiger partial charge in [0.2, 0.25) is 0 Å². The molecule has 3 aromatic carbocycles. The Kier molecular flexibility index (Phi) is 3.28. The molecule has 0 aromatic heterocycles. The van der Waals surface area contributed by atoms with Gasteiger partial charge in [-0.3, -0.25) is 4.79 Å². The standard InChI is InChI=1S/C17H13FN2O/c18-13-6-8-16(19)15(10-13)17(21)20-14-7-5-11-3-1-2-4-12(11)9-14/h1-10H,19H2,(H,20,21). The van der Waals surface area contributed by atoms with E-state index in [0.29, 0.717) is 5.69 Å². The van der Waals surface area contributed by atoms with Crippen LogP contribution in [0, 0.1) is 5.82 Å². The van der Waals surface area contributed by atoms with Gasteiger partial charge in [0.05, 0.1) is 5.56 Å². The number of nitrogens with two attached hydrogens (primary N) is 1. The van der Waals surface area contributed by atoms with Crippen LogP contribution in [0.3, 0.4) is 0 Å². The zero-order valence-electron chi connectivity index (χ0n) is 11.1. The number of benzene rings is 3. The van der Waals surface area contributed by atoms with Crippen LogP contribution >= 0.6 is 0 Å². The number of nitrogens with one attached hydrogen (secondary N) is 1. The van der Waals surface area contributed by atoms with Crippen LogP contribution in [0.5, 0.6) is 0 Å². The number of carbonyl (C=O) groups is 1. The molecule has 21 heavy (non-hydrogen) atoms. The second-order valence-corrected chi connectivity index (χ2v) is 4.75. The molecule has 0 fully saturated rings. The van der Waals surface area contributed by atoms with E-state index >= 15 is 0 Å². The van der Waals surface area contributed by atoms with Crippen molar-refractivity contribution in [1.29, 1.82) is 0 Å². The first-order valence-electron chi connectivity index (χ1n) is 6.49. The normalized spacial score (nSPS) is 10.5. The summed E-state index contributed by atoms with van der Waals surface area (Å²) in [5.41, 5.74) is 6.72. The monoisotopic (exact) mass is 280 g/mol. The first-order chi connectivity index (χ1) is 10.1. The van der Waals surface area contributed by atoms with Crippen molar-refractivity contribution in [3.63, 3.8) is 0 Å². The number of hydrogen-bond donors (Lipinski definition) is 2. The van der Waals surface area contributed by atoms with Gasteiger partial charge >= 0.3 is 0 Å². The Balaban J connectivity index is 1.90. The molecule has 0 unspecified atom stereocenters. The molecule has 0 heterocycles. The highest BCUT2D eigenvalue weighted by Gasteiger charge is 2.11. The Morgan fingerprint density at radius 2 is 1.71 bits per heavy atom. The van der Waals surface area contributed by atoms with Crippen LogP contribution in [-0.4, -0.2) is 5.91 Å². The van der Waals surface area contributed by atoms with Gasteiger partial charge in [0, 0.05) is 11.4 Å². The van der Waals surface area contributed by atoms with Gasteiger partial charge < -0.3 is 11.1 Å². The van der Waals surface area contributed by atoms with E-state index in [4.69, 9.17) is 5.73 Å². The number of halogens is 1. The van der Waals surface area contributed by atoms with Gasteiger partial charge in [0.25, 0.3) is 5.91 Å². The van der Waals surface area contributed by atoms with Gasteiger partial charge in [-0.25, -0.2) is 4.39 Å². The van der Waals surface area contributed by atoms with Crippen molar-refractivity contribution in [1.82, 2.24) is 0 Å². The fraction of sp³-hybridized carbons (Fsp3) is 0. The van der Waals surface area contributed by atoms with Gasteiger partial charge in [-0.15, -0.1) is 0 Å². The summed E-state index contributed by atoms with van der Waals surface area (Å²) in [7, 11) is 0. The van der Waals surface area contributed by atoms with Crippen molar-refractivity contribution in [3.05, 3.63) is 72.0 Å². The average molecular weight is 280 g/mol. The van der Waals surface area contributed by atoms with Crippen LogP contribution in [0.15, 0.2) is 60.7 Å². The minimum Gasteiger partial charge on any atom is -0.398 e. The lowest BCUT2D eigenvalue weighted by molar-refractivity contribution is 0.102. The van der Waals surface area contributed by atoms with Crippen LogP contribution in [-0.2, 0) is 0 Å².